The number of imidazole rings is 1. The molecule has 0 spiro atoms. The molecule has 1 rings (SSSR count). The Balaban J connectivity index is 3.00. The second-order valence-corrected chi connectivity index (χ2v) is 5.91. The van der Waals surface area contributed by atoms with Gasteiger partial charge in [-0.05, 0) is 5.92 Å². The van der Waals surface area contributed by atoms with Crippen LogP contribution in [0.4, 0.5) is 0 Å². The van der Waals surface area contributed by atoms with E-state index in [4.69, 9.17) is 5.11 Å². The third-order valence-corrected chi connectivity index (χ3v) is 3.71. The normalized spacial score (nSPS) is 12.2. The zero-order valence-corrected chi connectivity index (χ0v) is 10.4. The molecule has 1 heterocycles. The van der Waals surface area contributed by atoms with E-state index in [1.807, 2.05) is 13.8 Å². The first kappa shape index (κ1) is 13.7. The van der Waals surface area contributed by atoms with Gasteiger partial charge in [0.2, 0.25) is 0 Å². The van der Waals surface area contributed by atoms with Gasteiger partial charge < -0.3 is 10.1 Å². The van der Waals surface area contributed by atoms with Crippen LogP contribution in [0.25, 0.3) is 0 Å². The number of rotatable bonds is 6. The highest BCUT2D eigenvalue weighted by Crippen LogP contribution is 2.13. The third-order valence-electron chi connectivity index (χ3n) is 1.97. The summed E-state index contributed by atoms with van der Waals surface area (Å²) in [6, 6.07) is 0. The molecule has 0 unspecified atom stereocenters. The molecular formula is C9H15N3O4S. The number of carboxylic acid groups (broad SMARTS) is 1. The molecule has 17 heavy (non-hydrogen) atoms. The molecule has 0 fully saturated rings. The number of aromatic nitrogens is 2. The maximum atomic E-state index is 12.1. The van der Waals surface area contributed by atoms with Gasteiger partial charge >= 0.3 is 5.97 Å². The van der Waals surface area contributed by atoms with Crippen molar-refractivity contribution >= 4 is 16.0 Å². The van der Waals surface area contributed by atoms with E-state index in [2.05, 4.69) is 9.97 Å². The molecule has 2 N–H and O–H groups in total. The molecule has 0 atom stereocenters. The summed E-state index contributed by atoms with van der Waals surface area (Å²) in [5.41, 5.74) is 0. The first-order valence-electron chi connectivity index (χ1n) is 5.04. The van der Waals surface area contributed by atoms with E-state index in [1.165, 1.54) is 6.33 Å². The van der Waals surface area contributed by atoms with Crippen molar-refractivity contribution < 1.29 is 18.3 Å². The van der Waals surface area contributed by atoms with Crippen molar-refractivity contribution in [3.05, 3.63) is 12.5 Å². The maximum Gasteiger partial charge on any atom is 0.318 e. The lowest BCUT2D eigenvalue weighted by molar-refractivity contribution is -0.137. The lowest BCUT2D eigenvalue weighted by Gasteiger charge is -2.21. The third kappa shape index (κ3) is 3.53. The zero-order valence-electron chi connectivity index (χ0n) is 9.62. The number of sulfonamides is 1. The predicted octanol–water partition coefficient (Wildman–Crippen LogP) is 0.141. The molecule has 0 bridgehead atoms. The highest BCUT2D eigenvalue weighted by Gasteiger charge is 2.28. The van der Waals surface area contributed by atoms with E-state index in [0.717, 1.165) is 10.5 Å². The monoisotopic (exact) mass is 261 g/mol. The Morgan fingerprint density at radius 3 is 2.65 bits per heavy atom. The fourth-order valence-corrected chi connectivity index (χ4v) is 2.78. The van der Waals surface area contributed by atoms with Crippen molar-refractivity contribution in [2.24, 2.45) is 5.92 Å². The standard InChI is InChI=1S/C9H15N3O4S/c1-7(2)4-12(5-9(13)14)17(15,16)8-3-10-6-11-8/h3,6-7H,4-5H2,1-2H3,(H,10,11)(H,13,14). The summed E-state index contributed by atoms with van der Waals surface area (Å²) in [5, 5.41) is 8.63. The number of nitrogens with zero attached hydrogens (tertiary/aromatic N) is 2. The van der Waals surface area contributed by atoms with Crippen LogP contribution < -0.4 is 0 Å². The molecule has 0 amide bonds. The van der Waals surface area contributed by atoms with E-state index in [1.54, 1.807) is 0 Å². The van der Waals surface area contributed by atoms with Crippen molar-refractivity contribution in [1.29, 1.82) is 0 Å². The molecule has 0 saturated carbocycles. The second kappa shape index (κ2) is 5.28. The molecule has 0 radical (unpaired) electrons. The zero-order chi connectivity index (χ0) is 13.1. The van der Waals surface area contributed by atoms with Crippen molar-refractivity contribution in [3.8, 4) is 0 Å². The van der Waals surface area contributed by atoms with Crippen LogP contribution in [0.3, 0.4) is 0 Å². The number of nitrogens with one attached hydrogen (secondary N) is 1. The number of carboxylic acids is 1. The van der Waals surface area contributed by atoms with E-state index >= 15 is 0 Å². The molecule has 0 aliphatic carbocycles. The SMILES string of the molecule is CC(C)CN(CC(=O)O)S(=O)(=O)c1cnc[nH]1. The van der Waals surface area contributed by atoms with Crippen molar-refractivity contribution in [1.82, 2.24) is 14.3 Å². The molecule has 1 aromatic rings. The van der Waals surface area contributed by atoms with Gasteiger partial charge in [0.1, 0.15) is 6.54 Å². The summed E-state index contributed by atoms with van der Waals surface area (Å²) >= 11 is 0. The molecule has 0 aromatic carbocycles. The average molecular weight is 261 g/mol. The summed E-state index contributed by atoms with van der Waals surface area (Å²) in [4.78, 5) is 16.8. The van der Waals surface area contributed by atoms with Crippen LogP contribution >= 0.6 is 0 Å². The Bertz CT molecular complexity index is 466. The summed E-state index contributed by atoms with van der Waals surface area (Å²) in [6.45, 7) is 3.22. The van der Waals surface area contributed by atoms with Crippen LogP contribution in [0.5, 0.6) is 0 Å². The Morgan fingerprint density at radius 2 is 2.24 bits per heavy atom. The predicted molar refractivity (Wildman–Crippen MR) is 59.8 cm³/mol. The molecule has 8 heteroatoms. The average Bonchev–Trinajstić information content (AvgIpc) is 2.68. The Morgan fingerprint density at radius 1 is 1.59 bits per heavy atom. The van der Waals surface area contributed by atoms with Gasteiger partial charge in [0.05, 0.1) is 12.5 Å². The lowest BCUT2D eigenvalue weighted by Crippen LogP contribution is -2.38. The van der Waals surface area contributed by atoms with E-state index in [9.17, 15) is 13.2 Å². The first-order chi connectivity index (χ1) is 7.84. The van der Waals surface area contributed by atoms with E-state index in [0.29, 0.717) is 0 Å². The fraction of sp³-hybridized carbons (Fsp3) is 0.556. The summed E-state index contributed by atoms with van der Waals surface area (Å²) in [7, 11) is -3.81. The van der Waals surface area contributed by atoms with Crippen LogP contribution in [0, 0.1) is 5.92 Å². The highest BCUT2D eigenvalue weighted by molar-refractivity contribution is 7.89. The van der Waals surface area contributed by atoms with Crippen molar-refractivity contribution in [3.63, 3.8) is 0 Å². The minimum absolute atomic E-state index is 0.0343. The molecule has 0 saturated heterocycles. The summed E-state index contributed by atoms with van der Waals surface area (Å²) in [6.07, 6.45) is 2.39. The number of H-pyrrole nitrogens is 1. The van der Waals surface area contributed by atoms with Crippen molar-refractivity contribution in [2.75, 3.05) is 13.1 Å². The van der Waals surface area contributed by atoms with Gasteiger partial charge in [-0.15, -0.1) is 0 Å². The molecule has 1 aromatic heterocycles. The van der Waals surface area contributed by atoms with Gasteiger partial charge in [-0.3, -0.25) is 4.79 Å². The van der Waals surface area contributed by atoms with Gasteiger partial charge in [0, 0.05) is 6.54 Å². The Labute approximate surface area is 99.5 Å². The van der Waals surface area contributed by atoms with Crippen molar-refractivity contribution in [2.45, 2.75) is 18.9 Å². The van der Waals surface area contributed by atoms with Gasteiger partial charge in [-0.25, -0.2) is 13.4 Å². The van der Waals surface area contributed by atoms with Crippen LogP contribution in [-0.4, -0.2) is 46.9 Å². The lowest BCUT2D eigenvalue weighted by atomic mass is 10.2. The van der Waals surface area contributed by atoms with E-state index < -0.39 is 22.5 Å². The molecule has 7 nitrogen and oxygen atoms in total. The van der Waals surface area contributed by atoms with Crippen LogP contribution in [0.2, 0.25) is 0 Å². The molecule has 0 aliphatic heterocycles. The Hall–Kier alpha value is -1.41. The smallest absolute Gasteiger partial charge is 0.318 e. The number of aromatic amines is 1. The van der Waals surface area contributed by atoms with Crippen LogP contribution in [-0.2, 0) is 14.8 Å². The first-order valence-corrected chi connectivity index (χ1v) is 6.48. The quantitative estimate of drug-likeness (QED) is 0.758. The summed E-state index contributed by atoms with van der Waals surface area (Å²) < 4.78 is 25.0. The highest BCUT2D eigenvalue weighted by atomic mass is 32.2. The fourth-order valence-electron chi connectivity index (χ4n) is 1.33. The number of hydrogen-bond acceptors (Lipinski definition) is 4. The number of aliphatic carboxylic acids is 1. The van der Waals surface area contributed by atoms with Crippen LogP contribution in [0.15, 0.2) is 17.6 Å². The van der Waals surface area contributed by atoms with Gasteiger partial charge in [0.25, 0.3) is 10.0 Å². The molecule has 0 aliphatic rings. The van der Waals surface area contributed by atoms with E-state index in [-0.39, 0.29) is 17.5 Å². The minimum atomic E-state index is -3.81. The Kier molecular flexibility index (Phi) is 4.24. The second-order valence-electron chi connectivity index (χ2n) is 4.00. The largest absolute Gasteiger partial charge is 0.480 e. The van der Waals surface area contributed by atoms with Crippen LogP contribution in [0.1, 0.15) is 13.8 Å². The van der Waals surface area contributed by atoms with Gasteiger partial charge in [0.15, 0.2) is 5.03 Å². The molecule has 96 valence electrons. The minimum Gasteiger partial charge on any atom is -0.480 e. The van der Waals surface area contributed by atoms with Gasteiger partial charge in [-0.1, -0.05) is 13.8 Å². The summed E-state index contributed by atoms with van der Waals surface area (Å²) in [5.74, 6) is -1.15. The number of hydrogen-bond donors (Lipinski definition) is 2. The number of carbonyl (C=O) groups is 1. The maximum absolute atomic E-state index is 12.1. The van der Waals surface area contributed by atoms with Gasteiger partial charge in [-0.2, -0.15) is 4.31 Å². The topological polar surface area (TPSA) is 103 Å². The molecular weight excluding hydrogens is 246 g/mol.